The smallest absolute Gasteiger partial charge is 0.408 e. The van der Waals surface area contributed by atoms with Crippen LogP contribution in [0.1, 0.15) is 38.0 Å². The molecule has 27 heavy (non-hydrogen) atoms. The van der Waals surface area contributed by atoms with Crippen LogP contribution in [0.25, 0.3) is 6.08 Å². The largest absolute Gasteiger partial charge is 0.451 e. The van der Waals surface area contributed by atoms with Crippen molar-refractivity contribution in [2.45, 2.75) is 38.5 Å². The van der Waals surface area contributed by atoms with E-state index in [1.165, 1.54) is 0 Å². The Bertz CT molecular complexity index is 838. The van der Waals surface area contributed by atoms with Gasteiger partial charge >= 0.3 is 12.1 Å². The molecule has 1 aliphatic rings. The van der Waals surface area contributed by atoms with E-state index in [2.05, 4.69) is 5.32 Å². The van der Waals surface area contributed by atoms with Gasteiger partial charge in [0.05, 0.1) is 5.57 Å². The molecule has 0 bridgehead atoms. The van der Waals surface area contributed by atoms with Gasteiger partial charge in [-0.2, -0.15) is 0 Å². The molecule has 2 aromatic rings. The molecule has 5 nitrogen and oxygen atoms in total. The van der Waals surface area contributed by atoms with Gasteiger partial charge in [-0.15, -0.1) is 0 Å². The molecule has 0 spiro atoms. The Balaban J connectivity index is 1.94. The second-order valence-corrected chi connectivity index (χ2v) is 7.37. The maximum absolute atomic E-state index is 12.6. The van der Waals surface area contributed by atoms with Crippen molar-refractivity contribution >= 4 is 18.1 Å². The van der Waals surface area contributed by atoms with Gasteiger partial charge in [0.1, 0.15) is 11.6 Å². The van der Waals surface area contributed by atoms with Crippen LogP contribution >= 0.6 is 0 Å². The molecule has 0 aromatic heterocycles. The van der Waals surface area contributed by atoms with E-state index in [-0.39, 0.29) is 0 Å². The van der Waals surface area contributed by atoms with Crippen molar-refractivity contribution in [3.63, 3.8) is 0 Å². The first kappa shape index (κ1) is 18.7. The van der Waals surface area contributed by atoms with Crippen LogP contribution in [0.2, 0.25) is 0 Å². The highest BCUT2D eigenvalue weighted by Gasteiger charge is 2.42. The van der Waals surface area contributed by atoms with Crippen LogP contribution in [-0.4, -0.2) is 23.7 Å². The highest BCUT2D eigenvalue weighted by atomic mass is 16.6. The van der Waals surface area contributed by atoms with Crippen molar-refractivity contribution in [3.05, 3.63) is 77.4 Å². The van der Waals surface area contributed by atoms with Crippen LogP contribution in [0.15, 0.2) is 66.2 Å². The number of carbonyl (C=O) groups is 2. The van der Waals surface area contributed by atoms with Gasteiger partial charge in [-0.1, -0.05) is 60.7 Å². The summed E-state index contributed by atoms with van der Waals surface area (Å²) >= 11 is 0. The summed E-state index contributed by atoms with van der Waals surface area (Å²) in [7, 11) is 0. The van der Waals surface area contributed by atoms with Gasteiger partial charge in [0, 0.05) is 0 Å². The van der Waals surface area contributed by atoms with Crippen molar-refractivity contribution in [2.75, 3.05) is 0 Å². The summed E-state index contributed by atoms with van der Waals surface area (Å²) in [5, 5.41) is 2.81. The lowest BCUT2D eigenvalue weighted by Gasteiger charge is -2.24. The first-order chi connectivity index (χ1) is 12.8. The normalized spacial score (nSPS) is 21.0. The summed E-state index contributed by atoms with van der Waals surface area (Å²) in [5.74, 6) is -0.450. The lowest BCUT2D eigenvalue weighted by molar-refractivity contribution is -0.139. The highest BCUT2D eigenvalue weighted by Crippen LogP contribution is 2.35. The summed E-state index contributed by atoms with van der Waals surface area (Å²) in [5.41, 5.74) is 1.41. The van der Waals surface area contributed by atoms with Crippen molar-refractivity contribution in [3.8, 4) is 0 Å². The number of amides is 1. The second kappa shape index (κ2) is 7.66. The fraction of sp³-hybridized carbons (Fsp3) is 0.273. The number of alkyl carbamates (subject to hydrolysis) is 1. The molecule has 1 fully saturated rings. The first-order valence-electron chi connectivity index (χ1n) is 8.85. The molecule has 2 aromatic carbocycles. The number of hydrogen-bond acceptors (Lipinski definition) is 4. The second-order valence-electron chi connectivity index (χ2n) is 7.37. The number of rotatable bonds is 3. The highest BCUT2D eigenvalue weighted by molar-refractivity contribution is 5.98. The summed E-state index contributed by atoms with van der Waals surface area (Å²) in [6.45, 7) is 5.37. The van der Waals surface area contributed by atoms with Crippen LogP contribution in [0.5, 0.6) is 0 Å². The summed E-state index contributed by atoms with van der Waals surface area (Å²) in [6, 6.07) is 18.2. The van der Waals surface area contributed by atoms with Crippen LogP contribution in [0.4, 0.5) is 4.79 Å². The Morgan fingerprint density at radius 2 is 1.63 bits per heavy atom. The van der Waals surface area contributed by atoms with E-state index in [9.17, 15) is 9.59 Å². The zero-order valence-electron chi connectivity index (χ0n) is 15.6. The maximum Gasteiger partial charge on any atom is 0.408 e. The first-order valence-corrected chi connectivity index (χ1v) is 8.85. The number of carbonyl (C=O) groups excluding carboxylic acids is 2. The Labute approximate surface area is 159 Å². The zero-order chi connectivity index (χ0) is 19.4. The fourth-order valence-corrected chi connectivity index (χ4v) is 2.91. The summed E-state index contributed by atoms with van der Waals surface area (Å²) in [4.78, 5) is 24.9. The summed E-state index contributed by atoms with van der Waals surface area (Å²) < 4.78 is 11.0. The minimum atomic E-state index is -0.644. The van der Waals surface area contributed by atoms with E-state index in [4.69, 9.17) is 9.47 Å². The average molecular weight is 365 g/mol. The van der Waals surface area contributed by atoms with Crippen molar-refractivity contribution in [1.29, 1.82) is 0 Å². The molecule has 0 saturated carbocycles. The molecule has 0 radical (unpaired) electrons. The van der Waals surface area contributed by atoms with E-state index >= 15 is 0 Å². The van der Waals surface area contributed by atoms with E-state index in [0.717, 1.165) is 11.1 Å². The number of benzene rings is 2. The Morgan fingerprint density at radius 1 is 1.04 bits per heavy atom. The molecule has 1 N–H and O–H groups in total. The van der Waals surface area contributed by atoms with Gasteiger partial charge in [0.2, 0.25) is 0 Å². The van der Waals surface area contributed by atoms with Crippen LogP contribution in [0.3, 0.4) is 0 Å². The third kappa shape index (κ3) is 4.76. The number of nitrogens with one attached hydrogen (secondary N) is 1. The SMILES string of the molecule is CC(C)(C)OC(=O)N[C@H]1/C(=C/c2ccccc2)C(=O)O[C@@H]1c1ccccc1. The number of ether oxygens (including phenoxy) is 2. The number of hydrogen-bond donors (Lipinski definition) is 1. The lowest BCUT2D eigenvalue weighted by Crippen LogP contribution is -2.41. The van der Waals surface area contributed by atoms with Gasteiger partial charge in [0.15, 0.2) is 6.10 Å². The predicted octanol–water partition coefficient (Wildman–Crippen LogP) is 4.26. The lowest BCUT2D eigenvalue weighted by atomic mass is 9.97. The van der Waals surface area contributed by atoms with E-state index < -0.39 is 29.8 Å². The maximum atomic E-state index is 12.6. The molecule has 1 heterocycles. The average Bonchev–Trinajstić information content (AvgIpc) is 2.91. The molecule has 1 aliphatic heterocycles. The van der Waals surface area contributed by atoms with Gasteiger partial charge in [-0.3, -0.25) is 0 Å². The molecular formula is C22H23NO4. The number of cyclic esters (lactones) is 1. The molecule has 2 atom stereocenters. The molecule has 0 aliphatic carbocycles. The van der Waals surface area contributed by atoms with E-state index in [1.54, 1.807) is 26.8 Å². The van der Waals surface area contributed by atoms with Gasteiger partial charge < -0.3 is 14.8 Å². The minimum Gasteiger partial charge on any atom is -0.451 e. The fourth-order valence-electron chi connectivity index (χ4n) is 2.91. The van der Waals surface area contributed by atoms with E-state index in [0.29, 0.717) is 5.57 Å². The van der Waals surface area contributed by atoms with Crippen LogP contribution in [0, 0.1) is 0 Å². The topological polar surface area (TPSA) is 64.6 Å². The monoisotopic (exact) mass is 365 g/mol. The predicted molar refractivity (Wildman–Crippen MR) is 103 cm³/mol. The molecule has 140 valence electrons. The molecule has 1 amide bonds. The standard InChI is InChI=1S/C22H23NO4/c1-22(2,3)27-21(25)23-18-17(14-15-10-6-4-7-11-15)20(24)26-19(18)16-12-8-5-9-13-16/h4-14,18-19H,1-3H3,(H,23,25)/b17-14-/t18-,19+/m0/s1. The van der Waals surface area contributed by atoms with Crippen LogP contribution in [-0.2, 0) is 14.3 Å². The Morgan fingerprint density at radius 3 is 2.22 bits per heavy atom. The minimum absolute atomic E-state index is 0.390. The van der Waals surface area contributed by atoms with Gasteiger partial charge in [0.25, 0.3) is 0 Å². The van der Waals surface area contributed by atoms with Crippen molar-refractivity contribution in [2.24, 2.45) is 0 Å². The van der Waals surface area contributed by atoms with Gasteiger partial charge in [-0.05, 0) is 38.0 Å². The quantitative estimate of drug-likeness (QED) is 0.652. The molecule has 0 unspecified atom stereocenters. The van der Waals surface area contributed by atoms with Crippen molar-refractivity contribution < 1.29 is 19.1 Å². The molecule has 1 saturated heterocycles. The molecule has 3 rings (SSSR count). The summed E-state index contributed by atoms with van der Waals surface area (Å²) in [6.07, 6.45) is 0.541. The third-order valence-corrected chi connectivity index (χ3v) is 4.03. The van der Waals surface area contributed by atoms with Crippen molar-refractivity contribution in [1.82, 2.24) is 5.32 Å². The van der Waals surface area contributed by atoms with Gasteiger partial charge in [-0.25, -0.2) is 9.59 Å². The molecular weight excluding hydrogens is 342 g/mol. The van der Waals surface area contributed by atoms with E-state index in [1.807, 2.05) is 60.7 Å². The number of esters is 1. The Hall–Kier alpha value is -3.08. The molecule has 5 heteroatoms. The zero-order valence-corrected chi connectivity index (χ0v) is 15.6. The van der Waals surface area contributed by atoms with Crippen LogP contribution < -0.4 is 5.32 Å². The Kier molecular flexibility index (Phi) is 5.31. The third-order valence-electron chi connectivity index (χ3n) is 4.03.